The Morgan fingerprint density at radius 2 is 1.97 bits per heavy atom. The Labute approximate surface area is 187 Å². The van der Waals surface area contributed by atoms with E-state index in [2.05, 4.69) is 20.0 Å². The molecule has 170 valence electrons. The lowest BCUT2D eigenvalue weighted by molar-refractivity contribution is -0.0816. The second-order valence-corrected chi connectivity index (χ2v) is 10.4. The molecule has 5 nitrogen and oxygen atoms in total. The van der Waals surface area contributed by atoms with Crippen LogP contribution >= 0.6 is 11.5 Å². The second kappa shape index (κ2) is 8.80. The summed E-state index contributed by atoms with van der Waals surface area (Å²) in [5, 5.41) is 0.161. The number of anilines is 1. The minimum Gasteiger partial charge on any atom is -0.292 e. The summed E-state index contributed by atoms with van der Waals surface area (Å²) in [5.74, 6) is -1.04. The van der Waals surface area contributed by atoms with Gasteiger partial charge in [-0.05, 0) is 23.6 Å². The van der Waals surface area contributed by atoms with E-state index < -0.39 is 44.6 Å². The molecule has 4 rings (SSSR count). The van der Waals surface area contributed by atoms with Gasteiger partial charge in [0.05, 0.1) is 14.6 Å². The van der Waals surface area contributed by atoms with Gasteiger partial charge in [0.15, 0.2) is 0 Å². The van der Waals surface area contributed by atoms with Crippen molar-refractivity contribution >= 4 is 32.2 Å². The van der Waals surface area contributed by atoms with E-state index in [1.807, 2.05) is 0 Å². The van der Waals surface area contributed by atoms with Crippen molar-refractivity contribution in [3.05, 3.63) is 71.6 Å². The van der Waals surface area contributed by atoms with Gasteiger partial charge in [-0.25, -0.2) is 26.8 Å². The molecule has 0 radical (unpaired) electrons. The highest BCUT2D eigenvalue weighted by Crippen LogP contribution is 2.40. The Balaban J connectivity index is 1.60. The third kappa shape index (κ3) is 4.94. The molecular weight excluding hydrogens is 464 g/mol. The highest BCUT2D eigenvalue weighted by atomic mass is 32.2. The van der Waals surface area contributed by atoms with Gasteiger partial charge >= 0.3 is 0 Å². The van der Waals surface area contributed by atoms with Crippen LogP contribution in [0.1, 0.15) is 30.0 Å². The average molecular weight is 485 g/mol. The minimum atomic E-state index is -3.43. The smallest absolute Gasteiger partial charge is 0.251 e. The number of piperidine rings is 1. The van der Waals surface area contributed by atoms with E-state index in [1.165, 1.54) is 6.33 Å². The van der Waals surface area contributed by atoms with E-state index in [4.69, 9.17) is 0 Å². The van der Waals surface area contributed by atoms with Crippen LogP contribution in [0.2, 0.25) is 0 Å². The third-order valence-electron chi connectivity index (χ3n) is 5.32. The first-order valence-electron chi connectivity index (χ1n) is 9.71. The average Bonchev–Trinajstić information content (AvgIpc) is 3.24. The van der Waals surface area contributed by atoms with Gasteiger partial charge in [-0.3, -0.25) is 9.62 Å². The van der Waals surface area contributed by atoms with Gasteiger partial charge in [0.25, 0.3) is 5.92 Å². The molecule has 32 heavy (non-hydrogen) atoms. The molecule has 0 spiro atoms. The maximum absolute atomic E-state index is 14.9. The van der Waals surface area contributed by atoms with E-state index in [0.29, 0.717) is 5.56 Å². The SMILES string of the molecule is C=S(=O)(Nc1ncns1)c1cc(F)c(CN2CCC(F)(F)C[C@H]2c2ccccc2)cc1F. The van der Waals surface area contributed by atoms with Crippen molar-refractivity contribution in [1.82, 2.24) is 14.3 Å². The molecule has 1 saturated heterocycles. The van der Waals surface area contributed by atoms with Crippen LogP contribution < -0.4 is 4.72 Å². The van der Waals surface area contributed by atoms with Gasteiger partial charge in [0, 0.05) is 49.1 Å². The summed E-state index contributed by atoms with van der Waals surface area (Å²) < 4.78 is 77.1. The molecule has 1 aliphatic heterocycles. The second-order valence-electron chi connectivity index (χ2n) is 7.60. The first-order valence-corrected chi connectivity index (χ1v) is 12.2. The molecule has 3 aromatic rings. The summed E-state index contributed by atoms with van der Waals surface area (Å²) in [7, 11) is -3.43. The number of rotatable bonds is 6. The van der Waals surface area contributed by atoms with Crippen LogP contribution in [-0.4, -0.2) is 36.8 Å². The number of benzene rings is 2. The molecule has 0 bridgehead atoms. The summed E-state index contributed by atoms with van der Waals surface area (Å²) in [4.78, 5) is 5.10. The first kappa shape index (κ1) is 22.7. The fraction of sp³-hybridized carbons (Fsp3) is 0.286. The summed E-state index contributed by atoms with van der Waals surface area (Å²) in [6.07, 6.45) is 0.461. The molecule has 0 aliphatic carbocycles. The van der Waals surface area contributed by atoms with Crippen molar-refractivity contribution in [3.63, 3.8) is 0 Å². The van der Waals surface area contributed by atoms with Gasteiger partial charge in [-0.15, -0.1) is 0 Å². The van der Waals surface area contributed by atoms with E-state index in [1.54, 1.807) is 35.2 Å². The van der Waals surface area contributed by atoms with Crippen molar-refractivity contribution in [2.24, 2.45) is 0 Å². The Morgan fingerprint density at radius 3 is 2.66 bits per heavy atom. The van der Waals surface area contributed by atoms with Crippen LogP contribution in [0.5, 0.6) is 0 Å². The van der Waals surface area contributed by atoms with Gasteiger partial charge in [-0.1, -0.05) is 30.3 Å². The van der Waals surface area contributed by atoms with Crippen LogP contribution in [0.25, 0.3) is 0 Å². The summed E-state index contributed by atoms with van der Waals surface area (Å²) in [6, 6.07) is 9.94. The van der Waals surface area contributed by atoms with Crippen LogP contribution in [0.15, 0.2) is 53.7 Å². The van der Waals surface area contributed by atoms with Gasteiger partial charge in [0.1, 0.15) is 18.0 Å². The number of hydrogen-bond donors (Lipinski definition) is 1. The lowest BCUT2D eigenvalue weighted by Crippen LogP contribution is -2.41. The molecule has 1 fully saturated rings. The fourth-order valence-electron chi connectivity index (χ4n) is 3.75. The van der Waals surface area contributed by atoms with E-state index in [0.717, 1.165) is 23.7 Å². The zero-order chi connectivity index (χ0) is 22.9. The molecule has 2 aromatic carbocycles. The van der Waals surface area contributed by atoms with Gasteiger partial charge in [-0.2, -0.15) is 4.37 Å². The molecule has 1 N–H and O–H groups in total. The summed E-state index contributed by atoms with van der Waals surface area (Å²) >= 11 is 0.903. The molecule has 0 saturated carbocycles. The Kier molecular flexibility index (Phi) is 6.24. The predicted octanol–water partition coefficient (Wildman–Crippen LogP) is 4.89. The Bertz CT molecular complexity index is 1190. The predicted molar refractivity (Wildman–Crippen MR) is 117 cm³/mol. The molecular formula is C21H20F4N4OS2. The van der Waals surface area contributed by atoms with Crippen LogP contribution in [0.4, 0.5) is 22.7 Å². The number of nitrogens with zero attached hydrogens (tertiary/aromatic N) is 3. The molecule has 2 heterocycles. The van der Waals surface area contributed by atoms with Crippen LogP contribution in [0.3, 0.4) is 0 Å². The number of halogens is 4. The van der Waals surface area contributed by atoms with Gasteiger partial charge in [0.2, 0.25) is 5.13 Å². The summed E-state index contributed by atoms with van der Waals surface area (Å²) in [5.41, 5.74) is 0.676. The normalized spacial score (nSPS) is 20.6. The fourth-order valence-corrected chi connectivity index (χ4v) is 5.70. The van der Waals surface area contributed by atoms with Gasteiger partial charge < -0.3 is 0 Å². The quantitative estimate of drug-likeness (QED) is 0.400. The van der Waals surface area contributed by atoms with Crippen LogP contribution in [-0.2, 0) is 16.3 Å². The zero-order valence-electron chi connectivity index (χ0n) is 16.8. The monoisotopic (exact) mass is 484 g/mol. The summed E-state index contributed by atoms with van der Waals surface area (Å²) in [6.45, 7) is -0.0408. The largest absolute Gasteiger partial charge is 0.292 e. The lowest BCUT2D eigenvalue weighted by Gasteiger charge is -2.39. The maximum atomic E-state index is 14.9. The molecule has 2 atom stereocenters. The Hall–Kier alpha value is -2.50. The zero-order valence-corrected chi connectivity index (χ0v) is 18.4. The highest BCUT2D eigenvalue weighted by molar-refractivity contribution is 8.01. The number of alkyl halides is 2. The Morgan fingerprint density at radius 1 is 1.22 bits per heavy atom. The van der Waals surface area contributed by atoms with Crippen molar-refractivity contribution in [3.8, 4) is 0 Å². The van der Waals surface area contributed by atoms with Crippen molar-refractivity contribution in [2.45, 2.75) is 36.2 Å². The third-order valence-corrected chi connectivity index (χ3v) is 7.58. The highest BCUT2D eigenvalue weighted by Gasteiger charge is 2.41. The molecule has 1 aliphatic rings. The topological polar surface area (TPSA) is 58.1 Å². The van der Waals surface area contributed by atoms with Crippen LogP contribution in [0, 0.1) is 11.6 Å². The maximum Gasteiger partial charge on any atom is 0.251 e. The van der Waals surface area contributed by atoms with E-state index in [-0.39, 0.29) is 30.2 Å². The number of likely N-dealkylation sites (tertiary alicyclic amines) is 1. The molecule has 1 aromatic heterocycles. The number of aromatic nitrogens is 2. The minimum absolute atomic E-state index is 0.0106. The molecule has 0 amide bonds. The lowest BCUT2D eigenvalue weighted by atomic mass is 9.92. The van der Waals surface area contributed by atoms with Crippen molar-refractivity contribution in [2.75, 3.05) is 11.3 Å². The molecule has 1 unspecified atom stereocenters. The number of nitrogens with one attached hydrogen (secondary N) is 1. The number of hydrogen-bond acceptors (Lipinski definition) is 5. The first-order chi connectivity index (χ1) is 15.1. The van der Waals surface area contributed by atoms with E-state index >= 15 is 0 Å². The van der Waals surface area contributed by atoms with Crippen molar-refractivity contribution in [1.29, 1.82) is 0 Å². The molecule has 11 heteroatoms. The standard InChI is InChI=1S/C21H20F4N4OS2/c1-32(30,28-20-26-13-27-31-20)19-10-16(22)15(9-17(19)23)12-29-8-7-21(24,25)11-18(29)14-5-3-2-4-6-14/h2-6,9-10,13,18H,1,7-8,11-12H2,(H,26,27,28,30)/t18-,32?/m0/s1. The van der Waals surface area contributed by atoms with Crippen molar-refractivity contribution < 1.29 is 21.8 Å². The van der Waals surface area contributed by atoms with E-state index in [9.17, 15) is 21.8 Å².